The molecule has 98 valence electrons. The van der Waals surface area contributed by atoms with Crippen LogP contribution in [0.25, 0.3) is 0 Å². The Kier molecular flexibility index (Phi) is 4.66. The van der Waals surface area contributed by atoms with Crippen molar-refractivity contribution in [2.75, 3.05) is 39.9 Å². The van der Waals surface area contributed by atoms with Gasteiger partial charge in [-0.05, 0) is 32.1 Å². The Morgan fingerprint density at radius 3 is 2.82 bits per heavy atom. The van der Waals surface area contributed by atoms with Crippen molar-refractivity contribution >= 4 is 5.96 Å². The van der Waals surface area contributed by atoms with Crippen LogP contribution in [0.2, 0.25) is 0 Å². The van der Waals surface area contributed by atoms with Gasteiger partial charge in [0, 0.05) is 39.2 Å². The molecule has 0 bridgehead atoms. The smallest absolute Gasteiger partial charge is 0.193 e. The Balaban J connectivity index is 1.84. The van der Waals surface area contributed by atoms with Crippen LogP contribution in [0, 0.1) is 11.8 Å². The normalized spacial score (nSPS) is 25.4. The molecule has 2 aliphatic rings. The SMILES string of the molecule is CCNC(=NCC1CC1)N1CCC(COC)C1. The van der Waals surface area contributed by atoms with Gasteiger partial charge >= 0.3 is 0 Å². The molecule has 1 atom stereocenters. The number of likely N-dealkylation sites (tertiary alicyclic amines) is 1. The van der Waals surface area contributed by atoms with Crippen molar-refractivity contribution in [2.24, 2.45) is 16.8 Å². The summed E-state index contributed by atoms with van der Waals surface area (Å²) in [6.07, 6.45) is 3.96. The molecule has 1 N–H and O–H groups in total. The predicted molar refractivity (Wildman–Crippen MR) is 70.3 cm³/mol. The third-order valence-corrected chi connectivity index (χ3v) is 3.52. The van der Waals surface area contributed by atoms with Gasteiger partial charge in [0.15, 0.2) is 5.96 Å². The lowest BCUT2D eigenvalue weighted by Crippen LogP contribution is -2.40. The highest BCUT2D eigenvalue weighted by Crippen LogP contribution is 2.29. The maximum Gasteiger partial charge on any atom is 0.193 e. The topological polar surface area (TPSA) is 36.9 Å². The lowest BCUT2D eigenvalue weighted by molar-refractivity contribution is 0.157. The minimum Gasteiger partial charge on any atom is -0.384 e. The van der Waals surface area contributed by atoms with Gasteiger partial charge in [-0.3, -0.25) is 4.99 Å². The molecule has 1 aliphatic heterocycles. The average molecular weight is 239 g/mol. The van der Waals surface area contributed by atoms with Crippen molar-refractivity contribution in [3.63, 3.8) is 0 Å². The summed E-state index contributed by atoms with van der Waals surface area (Å²) < 4.78 is 5.24. The first-order valence-electron chi connectivity index (χ1n) is 6.85. The summed E-state index contributed by atoms with van der Waals surface area (Å²) in [7, 11) is 1.79. The van der Waals surface area contributed by atoms with Gasteiger partial charge in [-0.1, -0.05) is 0 Å². The molecule has 0 aromatic rings. The van der Waals surface area contributed by atoms with Crippen LogP contribution in [-0.2, 0) is 4.74 Å². The van der Waals surface area contributed by atoms with Crippen LogP contribution < -0.4 is 5.32 Å². The van der Waals surface area contributed by atoms with Crippen LogP contribution >= 0.6 is 0 Å². The van der Waals surface area contributed by atoms with E-state index in [0.29, 0.717) is 5.92 Å². The zero-order chi connectivity index (χ0) is 12.1. The van der Waals surface area contributed by atoms with E-state index in [2.05, 4.69) is 17.1 Å². The van der Waals surface area contributed by atoms with Gasteiger partial charge in [-0.15, -0.1) is 0 Å². The lowest BCUT2D eigenvalue weighted by atomic mass is 10.1. The lowest BCUT2D eigenvalue weighted by Gasteiger charge is -2.21. The molecule has 0 aromatic carbocycles. The van der Waals surface area contributed by atoms with Gasteiger partial charge in [0.05, 0.1) is 6.61 Å². The molecule has 1 saturated heterocycles. The molecule has 1 heterocycles. The molecule has 0 aromatic heterocycles. The first kappa shape index (κ1) is 12.7. The second-order valence-electron chi connectivity index (χ2n) is 5.19. The third kappa shape index (κ3) is 3.87. The van der Waals surface area contributed by atoms with Crippen LogP contribution in [0.1, 0.15) is 26.2 Å². The van der Waals surface area contributed by atoms with E-state index in [4.69, 9.17) is 9.73 Å². The number of rotatable bonds is 5. The summed E-state index contributed by atoms with van der Waals surface area (Å²) in [5, 5.41) is 3.41. The third-order valence-electron chi connectivity index (χ3n) is 3.52. The van der Waals surface area contributed by atoms with Crippen LogP contribution in [0.3, 0.4) is 0 Å². The standard InChI is InChI=1S/C13H25N3O/c1-3-14-13(15-8-11-4-5-11)16-7-6-12(9-16)10-17-2/h11-12H,3-10H2,1-2H3,(H,14,15). The summed E-state index contributed by atoms with van der Waals surface area (Å²) in [5.74, 6) is 2.64. The average Bonchev–Trinajstić information content (AvgIpc) is 3.04. The zero-order valence-corrected chi connectivity index (χ0v) is 11.1. The van der Waals surface area contributed by atoms with Gasteiger partial charge in [-0.25, -0.2) is 0 Å². The van der Waals surface area contributed by atoms with Crippen LogP contribution in [0.15, 0.2) is 4.99 Å². The summed E-state index contributed by atoms with van der Waals surface area (Å²) in [6, 6.07) is 0. The quantitative estimate of drug-likeness (QED) is 0.581. The van der Waals surface area contributed by atoms with Gasteiger partial charge in [0.2, 0.25) is 0 Å². The molecular weight excluding hydrogens is 214 g/mol. The number of nitrogens with one attached hydrogen (secondary N) is 1. The van der Waals surface area contributed by atoms with Crippen LogP contribution in [0.5, 0.6) is 0 Å². The molecule has 17 heavy (non-hydrogen) atoms. The van der Waals surface area contributed by atoms with Gasteiger partial charge in [0.25, 0.3) is 0 Å². The van der Waals surface area contributed by atoms with Crippen LogP contribution in [-0.4, -0.2) is 50.8 Å². The fourth-order valence-corrected chi connectivity index (χ4v) is 2.34. The fraction of sp³-hybridized carbons (Fsp3) is 0.923. The first-order valence-corrected chi connectivity index (χ1v) is 6.85. The maximum atomic E-state index is 5.24. The van der Waals surface area contributed by atoms with E-state index in [1.165, 1.54) is 19.3 Å². The predicted octanol–water partition coefficient (Wildman–Crippen LogP) is 1.33. The maximum absolute atomic E-state index is 5.24. The minimum atomic E-state index is 0.671. The highest BCUT2D eigenvalue weighted by molar-refractivity contribution is 5.80. The van der Waals surface area contributed by atoms with E-state index in [1.807, 2.05) is 0 Å². The minimum absolute atomic E-state index is 0.671. The second kappa shape index (κ2) is 6.24. The fourth-order valence-electron chi connectivity index (χ4n) is 2.34. The number of aliphatic imine (C=N–C) groups is 1. The summed E-state index contributed by atoms with van der Waals surface area (Å²) in [4.78, 5) is 7.13. The molecule has 0 radical (unpaired) electrons. The number of nitrogens with zero attached hydrogens (tertiary/aromatic N) is 2. The van der Waals surface area contributed by atoms with E-state index >= 15 is 0 Å². The monoisotopic (exact) mass is 239 g/mol. The largest absolute Gasteiger partial charge is 0.384 e. The van der Waals surface area contributed by atoms with E-state index in [-0.39, 0.29) is 0 Å². The van der Waals surface area contributed by atoms with Crippen molar-refractivity contribution in [3.05, 3.63) is 0 Å². The molecule has 4 heteroatoms. The molecule has 2 fully saturated rings. The summed E-state index contributed by atoms with van der Waals surface area (Å²) >= 11 is 0. The molecule has 1 saturated carbocycles. The number of guanidine groups is 1. The van der Waals surface area contributed by atoms with E-state index in [9.17, 15) is 0 Å². The summed E-state index contributed by atoms with van der Waals surface area (Å²) in [6.45, 7) is 7.17. The van der Waals surface area contributed by atoms with Crippen molar-refractivity contribution in [1.29, 1.82) is 0 Å². The van der Waals surface area contributed by atoms with E-state index < -0.39 is 0 Å². The van der Waals surface area contributed by atoms with Gasteiger partial charge in [0.1, 0.15) is 0 Å². The Morgan fingerprint density at radius 2 is 2.18 bits per heavy atom. The Hall–Kier alpha value is -0.770. The molecule has 2 rings (SSSR count). The highest BCUT2D eigenvalue weighted by atomic mass is 16.5. The van der Waals surface area contributed by atoms with Gasteiger partial charge in [-0.2, -0.15) is 0 Å². The van der Waals surface area contributed by atoms with Crippen LogP contribution in [0.4, 0.5) is 0 Å². The molecule has 1 unspecified atom stereocenters. The number of methoxy groups -OCH3 is 1. The Morgan fingerprint density at radius 1 is 1.35 bits per heavy atom. The molecule has 0 spiro atoms. The second-order valence-corrected chi connectivity index (χ2v) is 5.19. The molecule has 0 amide bonds. The van der Waals surface area contributed by atoms with Crippen molar-refractivity contribution in [3.8, 4) is 0 Å². The number of hydrogen-bond donors (Lipinski definition) is 1. The van der Waals surface area contributed by atoms with Crippen molar-refractivity contribution in [1.82, 2.24) is 10.2 Å². The number of hydrogen-bond acceptors (Lipinski definition) is 2. The van der Waals surface area contributed by atoms with Crippen molar-refractivity contribution < 1.29 is 4.74 Å². The molecule has 1 aliphatic carbocycles. The summed E-state index contributed by atoms with van der Waals surface area (Å²) in [5.41, 5.74) is 0. The Bertz CT molecular complexity index is 263. The zero-order valence-electron chi connectivity index (χ0n) is 11.1. The van der Waals surface area contributed by atoms with Crippen molar-refractivity contribution in [2.45, 2.75) is 26.2 Å². The molecule has 4 nitrogen and oxygen atoms in total. The number of ether oxygens (including phenoxy) is 1. The van der Waals surface area contributed by atoms with E-state index in [0.717, 1.165) is 44.7 Å². The first-order chi connectivity index (χ1) is 8.33. The molecular formula is C13H25N3O. The van der Waals surface area contributed by atoms with E-state index in [1.54, 1.807) is 7.11 Å². The van der Waals surface area contributed by atoms with Gasteiger partial charge < -0.3 is 15.0 Å². The Labute approximate surface area is 104 Å². The highest BCUT2D eigenvalue weighted by Gasteiger charge is 2.26.